The second-order valence-electron chi connectivity index (χ2n) is 12.7. The van der Waals surface area contributed by atoms with Gasteiger partial charge in [-0.1, -0.05) is 39.0 Å². The van der Waals surface area contributed by atoms with Gasteiger partial charge in [0.25, 0.3) is 11.8 Å². The monoisotopic (exact) mass is 683 g/mol. The average Bonchev–Trinajstić information content (AvgIpc) is 3.03. The Bertz CT molecular complexity index is 1690. The Morgan fingerprint density at radius 3 is 2.10 bits per heavy atom. The molecule has 8 nitrogen and oxygen atoms in total. The molecule has 0 aliphatic carbocycles. The number of halogens is 2. The highest BCUT2D eigenvalue weighted by molar-refractivity contribution is 7.90. The highest BCUT2D eigenvalue weighted by Gasteiger charge is 2.31. The Labute approximate surface area is 283 Å². The normalized spacial score (nSPS) is 15.9. The van der Waals surface area contributed by atoms with E-state index in [4.69, 9.17) is 0 Å². The summed E-state index contributed by atoms with van der Waals surface area (Å²) in [5.41, 5.74) is 4.41. The molecule has 260 valence electrons. The number of carbonyl (C=O) groups is 2. The Balaban J connectivity index is 1.57. The van der Waals surface area contributed by atoms with E-state index in [1.54, 1.807) is 30.0 Å². The van der Waals surface area contributed by atoms with E-state index in [-0.39, 0.29) is 49.0 Å². The van der Waals surface area contributed by atoms with E-state index in [1.807, 2.05) is 39.0 Å². The van der Waals surface area contributed by atoms with Crippen LogP contribution in [0, 0.1) is 18.6 Å². The molecule has 2 atom stereocenters. The topological polar surface area (TPSA) is 107 Å². The first-order chi connectivity index (χ1) is 22.8. The smallest absolute Gasteiger partial charge is 0.253 e. The van der Waals surface area contributed by atoms with Crippen LogP contribution in [0.5, 0.6) is 0 Å². The molecule has 4 rings (SSSR count). The fourth-order valence-corrected chi connectivity index (χ4v) is 7.93. The Morgan fingerprint density at radius 2 is 1.50 bits per heavy atom. The predicted molar refractivity (Wildman–Crippen MR) is 184 cm³/mol. The van der Waals surface area contributed by atoms with Gasteiger partial charge in [0.1, 0.15) is 11.6 Å². The van der Waals surface area contributed by atoms with E-state index >= 15 is 0 Å². The van der Waals surface area contributed by atoms with Gasteiger partial charge in [0.05, 0.1) is 17.6 Å². The van der Waals surface area contributed by atoms with Crippen molar-refractivity contribution in [1.82, 2.24) is 15.1 Å². The van der Waals surface area contributed by atoms with Crippen molar-refractivity contribution in [3.8, 4) is 0 Å². The highest BCUT2D eigenvalue weighted by Crippen LogP contribution is 2.29. The van der Waals surface area contributed by atoms with Gasteiger partial charge in [0.2, 0.25) is 0 Å². The number of aliphatic hydroxyl groups is 1. The van der Waals surface area contributed by atoms with Gasteiger partial charge in [-0.2, -0.15) is 0 Å². The van der Waals surface area contributed by atoms with Crippen LogP contribution in [0.2, 0.25) is 0 Å². The third kappa shape index (κ3) is 9.93. The first-order valence-corrected chi connectivity index (χ1v) is 18.5. The molecule has 3 aromatic carbocycles. The molecule has 3 aromatic rings. The van der Waals surface area contributed by atoms with Crippen molar-refractivity contribution < 1.29 is 31.9 Å². The zero-order valence-electron chi connectivity index (χ0n) is 28.3. The molecule has 1 heterocycles. The quantitative estimate of drug-likeness (QED) is 0.222. The van der Waals surface area contributed by atoms with E-state index in [0.717, 1.165) is 47.6 Å². The number of aliphatic hydroxyl groups excluding tert-OH is 1. The van der Waals surface area contributed by atoms with Crippen LogP contribution in [-0.4, -0.2) is 79.7 Å². The molecular weight excluding hydrogens is 636 g/mol. The lowest BCUT2D eigenvalue weighted by Crippen LogP contribution is -2.44. The highest BCUT2D eigenvalue weighted by atomic mass is 32.2. The van der Waals surface area contributed by atoms with Gasteiger partial charge < -0.3 is 20.2 Å². The fraction of sp³-hybridized carbons (Fsp3) is 0.459. The molecule has 1 aliphatic rings. The summed E-state index contributed by atoms with van der Waals surface area (Å²) < 4.78 is 53.3. The summed E-state index contributed by atoms with van der Waals surface area (Å²) in [5.74, 6) is -2.22. The van der Waals surface area contributed by atoms with Crippen molar-refractivity contribution in [3.05, 3.63) is 105 Å². The molecule has 2 N–H and O–H groups in total. The molecule has 1 aliphatic heterocycles. The van der Waals surface area contributed by atoms with Crippen molar-refractivity contribution in [2.75, 3.05) is 38.5 Å². The number of nitrogens with one attached hydrogen (secondary N) is 1. The van der Waals surface area contributed by atoms with Crippen LogP contribution in [0.4, 0.5) is 8.78 Å². The molecule has 0 saturated heterocycles. The minimum absolute atomic E-state index is 0.00506. The zero-order valence-corrected chi connectivity index (χ0v) is 29.1. The van der Waals surface area contributed by atoms with Crippen LogP contribution in [0.1, 0.15) is 88.2 Å². The summed E-state index contributed by atoms with van der Waals surface area (Å²) >= 11 is 0. The molecule has 0 spiro atoms. The molecule has 2 amide bonds. The third-order valence-corrected chi connectivity index (χ3v) is 10.1. The molecule has 0 aromatic heterocycles. The van der Waals surface area contributed by atoms with E-state index < -0.39 is 39.5 Å². The summed E-state index contributed by atoms with van der Waals surface area (Å²) in [6.07, 6.45) is 1.40. The van der Waals surface area contributed by atoms with Gasteiger partial charge in [-0.3, -0.25) is 9.59 Å². The van der Waals surface area contributed by atoms with Gasteiger partial charge in [-0.25, -0.2) is 17.2 Å². The number of hydrogen-bond acceptors (Lipinski definition) is 6. The maximum Gasteiger partial charge on any atom is 0.253 e. The number of fused-ring (bicyclic) bond motifs is 1. The Kier molecular flexibility index (Phi) is 12.9. The number of carbonyl (C=O) groups excluding carboxylic acids is 2. The third-order valence-electron chi connectivity index (χ3n) is 8.55. The molecule has 0 radical (unpaired) electrons. The summed E-state index contributed by atoms with van der Waals surface area (Å²) in [7, 11) is -3.36. The van der Waals surface area contributed by atoms with Crippen LogP contribution in [0.15, 0.2) is 54.6 Å². The van der Waals surface area contributed by atoms with E-state index in [0.29, 0.717) is 24.2 Å². The molecule has 11 heteroatoms. The second kappa shape index (κ2) is 16.6. The number of amides is 2. The fourth-order valence-electron chi connectivity index (χ4n) is 6.27. The van der Waals surface area contributed by atoms with Gasteiger partial charge in [-0.15, -0.1) is 0 Å². The first kappa shape index (κ1) is 37.2. The first-order valence-electron chi connectivity index (χ1n) is 16.7. The zero-order chi connectivity index (χ0) is 35.0. The number of rotatable bonds is 15. The largest absolute Gasteiger partial charge is 0.390 e. The minimum Gasteiger partial charge on any atom is -0.390 e. The lowest BCUT2D eigenvalue weighted by molar-refractivity contribution is 0.0621. The molecule has 0 fully saturated rings. The lowest BCUT2D eigenvalue weighted by atomic mass is 9.98. The number of hydrogen-bond donors (Lipinski definition) is 2. The van der Waals surface area contributed by atoms with Crippen LogP contribution < -0.4 is 5.32 Å². The summed E-state index contributed by atoms with van der Waals surface area (Å²) in [6.45, 7) is 8.89. The number of benzene rings is 3. The number of nitrogens with zero attached hydrogens (tertiary/aromatic N) is 2. The molecule has 0 bridgehead atoms. The summed E-state index contributed by atoms with van der Waals surface area (Å²) in [4.78, 5) is 30.7. The van der Waals surface area contributed by atoms with Gasteiger partial charge in [-0.05, 0) is 90.8 Å². The second-order valence-corrected chi connectivity index (χ2v) is 14.8. The number of aryl methyl sites for hydroxylation is 2. The Morgan fingerprint density at radius 1 is 0.875 bits per heavy atom. The van der Waals surface area contributed by atoms with Gasteiger partial charge in [0, 0.05) is 56.0 Å². The van der Waals surface area contributed by atoms with Crippen LogP contribution in [0.25, 0.3) is 0 Å². The van der Waals surface area contributed by atoms with Crippen LogP contribution in [0.3, 0.4) is 0 Å². The van der Waals surface area contributed by atoms with Crippen molar-refractivity contribution in [2.24, 2.45) is 0 Å². The maximum atomic E-state index is 14.1. The maximum absolute atomic E-state index is 14.1. The summed E-state index contributed by atoms with van der Waals surface area (Å²) in [6, 6.07) is 13.4. The van der Waals surface area contributed by atoms with Crippen molar-refractivity contribution in [2.45, 2.75) is 71.3 Å². The van der Waals surface area contributed by atoms with E-state index in [9.17, 15) is 31.9 Å². The van der Waals surface area contributed by atoms with Crippen molar-refractivity contribution >= 4 is 21.7 Å². The lowest BCUT2D eigenvalue weighted by Gasteiger charge is -2.30. The molecule has 48 heavy (non-hydrogen) atoms. The SMILES string of the molecule is CCCN(CCC)C(=O)c1cc(C)cc(C(=O)N(CCc2cc(F)cc(F)c2)C[C@@H](O)CNC2CS(=O)(=O)Cc3ccc(CC)cc32)c1. The average molecular weight is 684 g/mol. The van der Waals surface area contributed by atoms with Gasteiger partial charge in [0.15, 0.2) is 9.84 Å². The molecule has 1 unspecified atom stereocenters. The number of sulfone groups is 1. The Hall–Kier alpha value is -3.67. The van der Waals surface area contributed by atoms with E-state index in [2.05, 4.69) is 5.32 Å². The summed E-state index contributed by atoms with van der Waals surface area (Å²) in [5, 5.41) is 14.4. The van der Waals surface area contributed by atoms with Crippen LogP contribution >= 0.6 is 0 Å². The standard InChI is InChI=1S/C37H47F2N3O5S/c1-5-11-41(12-6-2)36(44)29-14-25(4)15-30(19-29)37(45)42(13-10-27-16-31(38)20-32(39)17-27)22-33(43)21-40-35-24-48(46,47)23-28-9-8-26(7-3)18-34(28)35/h8-9,14-20,33,35,40,43H,5-7,10-13,21-24H2,1-4H3/t33-,35?/m0/s1. The van der Waals surface area contributed by atoms with Crippen molar-refractivity contribution in [1.29, 1.82) is 0 Å². The molecule has 0 saturated carbocycles. The van der Waals surface area contributed by atoms with Crippen molar-refractivity contribution in [3.63, 3.8) is 0 Å². The van der Waals surface area contributed by atoms with Gasteiger partial charge >= 0.3 is 0 Å². The van der Waals surface area contributed by atoms with Crippen LogP contribution in [-0.2, 0) is 28.4 Å². The minimum atomic E-state index is -3.36. The van der Waals surface area contributed by atoms with E-state index in [1.165, 1.54) is 17.0 Å². The predicted octanol–water partition coefficient (Wildman–Crippen LogP) is 5.40. The molecular formula is C37H47F2N3O5S.